The molecule has 3 aromatic rings. The van der Waals surface area contributed by atoms with Crippen LogP contribution in [-0.4, -0.2) is 26.0 Å². The smallest absolute Gasteiger partial charge is 0.282 e. The topological polar surface area (TPSA) is 67.9 Å². The van der Waals surface area contributed by atoms with Crippen molar-refractivity contribution in [3.8, 4) is 11.5 Å². The summed E-state index contributed by atoms with van der Waals surface area (Å²) in [6, 6.07) is 16.3. The first-order chi connectivity index (χ1) is 14.5. The fraction of sp³-hybridized carbons (Fsp3) is 0.130. The summed E-state index contributed by atoms with van der Waals surface area (Å²) in [5.74, 6) is 0.154. The van der Waals surface area contributed by atoms with Gasteiger partial charge in [0.15, 0.2) is 0 Å². The molecule has 0 radical (unpaired) electrons. The van der Waals surface area contributed by atoms with E-state index in [1.165, 1.54) is 25.6 Å². The molecule has 2 heterocycles. The summed E-state index contributed by atoms with van der Waals surface area (Å²) in [5, 5.41) is 5.07. The van der Waals surface area contributed by atoms with Gasteiger partial charge in [-0.3, -0.25) is 9.59 Å². The lowest BCUT2D eigenvalue weighted by atomic mass is 10.1. The van der Waals surface area contributed by atoms with E-state index in [-0.39, 0.29) is 5.70 Å². The maximum Gasteiger partial charge on any atom is 0.282 e. The minimum atomic E-state index is -0.429. The first-order valence-corrected chi connectivity index (χ1v) is 10.1. The van der Waals surface area contributed by atoms with Gasteiger partial charge in [-0.25, -0.2) is 4.90 Å². The first-order valence-electron chi connectivity index (χ1n) is 9.26. The molecule has 2 aromatic carbocycles. The number of imide groups is 1. The van der Waals surface area contributed by atoms with E-state index in [0.29, 0.717) is 22.8 Å². The maximum atomic E-state index is 13.4. The zero-order valence-electron chi connectivity index (χ0n) is 16.8. The molecule has 0 fully saturated rings. The SMILES string of the molecule is COc1cc(OC)cc(N2C(=O)C(Nc3ccccc3C)=C(c3cccs3)C2=O)c1. The van der Waals surface area contributed by atoms with Gasteiger partial charge in [-0.2, -0.15) is 0 Å². The van der Waals surface area contributed by atoms with Gasteiger partial charge in [0.1, 0.15) is 17.2 Å². The number of amides is 2. The quantitative estimate of drug-likeness (QED) is 0.596. The van der Waals surface area contributed by atoms with Crippen molar-refractivity contribution in [2.45, 2.75) is 6.92 Å². The normalized spacial score (nSPS) is 13.8. The van der Waals surface area contributed by atoms with Gasteiger partial charge in [-0.15, -0.1) is 11.3 Å². The van der Waals surface area contributed by atoms with Crippen molar-refractivity contribution in [1.82, 2.24) is 0 Å². The van der Waals surface area contributed by atoms with Gasteiger partial charge in [-0.05, 0) is 30.0 Å². The number of nitrogens with zero attached hydrogens (tertiary/aromatic N) is 1. The number of hydrogen-bond donors (Lipinski definition) is 1. The molecule has 4 rings (SSSR count). The molecule has 152 valence electrons. The zero-order chi connectivity index (χ0) is 21.3. The van der Waals surface area contributed by atoms with Crippen molar-refractivity contribution in [1.29, 1.82) is 0 Å². The van der Waals surface area contributed by atoms with Crippen molar-refractivity contribution < 1.29 is 19.1 Å². The number of rotatable bonds is 6. The Hall–Kier alpha value is -3.58. The Morgan fingerprint density at radius 3 is 2.20 bits per heavy atom. The van der Waals surface area contributed by atoms with Crippen LogP contribution >= 0.6 is 11.3 Å². The van der Waals surface area contributed by atoms with Crippen molar-refractivity contribution in [2.75, 3.05) is 24.4 Å². The largest absolute Gasteiger partial charge is 0.497 e. The number of anilines is 2. The number of para-hydroxylation sites is 1. The van der Waals surface area contributed by atoms with Crippen LogP contribution in [0, 0.1) is 6.92 Å². The van der Waals surface area contributed by atoms with Gasteiger partial charge in [0.05, 0.1) is 25.5 Å². The van der Waals surface area contributed by atoms with Crippen LogP contribution in [0.15, 0.2) is 65.7 Å². The van der Waals surface area contributed by atoms with E-state index in [2.05, 4.69) is 5.32 Å². The van der Waals surface area contributed by atoms with Crippen LogP contribution in [-0.2, 0) is 9.59 Å². The fourth-order valence-corrected chi connectivity index (χ4v) is 4.07. The molecule has 30 heavy (non-hydrogen) atoms. The highest BCUT2D eigenvalue weighted by atomic mass is 32.1. The molecular formula is C23H20N2O4S. The molecule has 0 saturated heterocycles. The molecule has 0 atom stereocenters. The molecule has 1 N–H and O–H groups in total. The molecule has 1 aliphatic rings. The number of carbonyl (C=O) groups excluding carboxylic acids is 2. The second kappa shape index (κ2) is 8.04. The summed E-state index contributed by atoms with van der Waals surface area (Å²) >= 11 is 1.41. The standard InChI is InChI=1S/C23H20N2O4S/c1-14-7-4-5-8-18(14)24-21-20(19-9-6-10-30-19)22(26)25(23(21)27)15-11-16(28-2)13-17(12-15)29-3/h4-13,24H,1-3H3. The minimum Gasteiger partial charge on any atom is -0.497 e. The fourth-order valence-electron chi connectivity index (χ4n) is 3.30. The summed E-state index contributed by atoms with van der Waals surface area (Å²) in [5.41, 5.74) is 2.72. The van der Waals surface area contributed by atoms with Crippen molar-refractivity contribution in [3.05, 3.63) is 76.1 Å². The van der Waals surface area contributed by atoms with Crippen molar-refractivity contribution in [2.24, 2.45) is 0 Å². The monoisotopic (exact) mass is 420 g/mol. The van der Waals surface area contributed by atoms with Gasteiger partial charge >= 0.3 is 0 Å². The van der Waals surface area contributed by atoms with E-state index in [1.54, 1.807) is 18.2 Å². The van der Waals surface area contributed by atoms with E-state index < -0.39 is 11.8 Å². The lowest BCUT2D eigenvalue weighted by Gasteiger charge is -2.17. The third-order valence-electron chi connectivity index (χ3n) is 4.85. The Kier molecular flexibility index (Phi) is 5.29. The van der Waals surface area contributed by atoms with E-state index in [1.807, 2.05) is 48.7 Å². The Bertz CT molecular complexity index is 1130. The second-order valence-electron chi connectivity index (χ2n) is 6.68. The molecule has 1 aliphatic heterocycles. The van der Waals surface area contributed by atoms with Gasteiger partial charge in [0.25, 0.3) is 11.8 Å². The van der Waals surface area contributed by atoms with E-state index in [0.717, 1.165) is 21.0 Å². The predicted molar refractivity (Wildman–Crippen MR) is 118 cm³/mol. The van der Waals surface area contributed by atoms with Crippen LogP contribution < -0.4 is 19.7 Å². The number of nitrogens with one attached hydrogen (secondary N) is 1. The number of carbonyl (C=O) groups is 2. The van der Waals surface area contributed by atoms with E-state index in [9.17, 15) is 9.59 Å². The summed E-state index contributed by atoms with van der Waals surface area (Å²) in [7, 11) is 3.04. The Morgan fingerprint density at radius 2 is 1.60 bits per heavy atom. The summed E-state index contributed by atoms with van der Waals surface area (Å²) in [6.07, 6.45) is 0. The molecule has 6 nitrogen and oxygen atoms in total. The Balaban J connectivity index is 1.82. The number of aryl methyl sites for hydroxylation is 1. The van der Waals surface area contributed by atoms with Crippen molar-refractivity contribution in [3.63, 3.8) is 0 Å². The predicted octanol–water partition coefficient (Wildman–Crippen LogP) is 4.47. The van der Waals surface area contributed by atoms with Gasteiger partial charge < -0.3 is 14.8 Å². The van der Waals surface area contributed by atoms with Crippen LogP contribution in [0.3, 0.4) is 0 Å². The zero-order valence-corrected chi connectivity index (χ0v) is 17.6. The Morgan fingerprint density at radius 1 is 0.900 bits per heavy atom. The second-order valence-corrected chi connectivity index (χ2v) is 7.63. The van der Waals surface area contributed by atoms with Gasteiger partial charge in [0, 0.05) is 28.8 Å². The highest BCUT2D eigenvalue weighted by molar-refractivity contribution is 7.11. The van der Waals surface area contributed by atoms with Gasteiger partial charge in [-0.1, -0.05) is 24.3 Å². The number of hydrogen-bond acceptors (Lipinski definition) is 6. The van der Waals surface area contributed by atoms with Crippen LogP contribution in [0.1, 0.15) is 10.4 Å². The molecule has 0 unspecified atom stereocenters. The third-order valence-corrected chi connectivity index (χ3v) is 5.74. The lowest BCUT2D eigenvalue weighted by Crippen LogP contribution is -2.32. The van der Waals surface area contributed by atoms with E-state index >= 15 is 0 Å². The van der Waals surface area contributed by atoms with Crippen LogP contribution in [0.4, 0.5) is 11.4 Å². The summed E-state index contributed by atoms with van der Waals surface area (Å²) in [6.45, 7) is 1.94. The molecule has 0 bridgehead atoms. The average molecular weight is 420 g/mol. The molecular weight excluding hydrogens is 400 g/mol. The summed E-state index contributed by atoms with van der Waals surface area (Å²) < 4.78 is 10.6. The number of methoxy groups -OCH3 is 2. The minimum absolute atomic E-state index is 0.249. The maximum absolute atomic E-state index is 13.4. The molecule has 0 aliphatic carbocycles. The van der Waals surface area contributed by atoms with Crippen LogP contribution in [0.25, 0.3) is 5.57 Å². The third kappa shape index (κ3) is 3.44. The van der Waals surface area contributed by atoms with Crippen LogP contribution in [0.5, 0.6) is 11.5 Å². The van der Waals surface area contributed by atoms with Crippen LogP contribution in [0.2, 0.25) is 0 Å². The molecule has 2 amide bonds. The van der Waals surface area contributed by atoms with Crippen molar-refractivity contribution >= 4 is 40.1 Å². The van der Waals surface area contributed by atoms with Gasteiger partial charge in [0.2, 0.25) is 0 Å². The molecule has 1 aromatic heterocycles. The Labute approximate surface area is 178 Å². The average Bonchev–Trinajstić information content (AvgIpc) is 3.36. The number of ether oxygens (including phenoxy) is 2. The highest BCUT2D eigenvalue weighted by Crippen LogP contribution is 2.38. The lowest BCUT2D eigenvalue weighted by molar-refractivity contribution is -0.120. The number of thiophene rings is 1. The number of benzene rings is 2. The molecule has 0 spiro atoms. The summed E-state index contributed by atoms with van der Waals surface area (Å²) in [4.78, 5) is 28.8. The molecule has 7 heteroatoms. The van der Waals surface area contributed by atoms with E-state index in [4.69, 9.17) is 9.47 Å². The molecule has 0 saturated carbocycles. The highest BCUT2D eigenvalue weighted by Gasteiger charge is 2.41. The first kappa shape index (κ1) is 19.7.